The third kappa shape index (κ3) is 2.93. The van der Waals surface area contributed by atoms with Crippen LogP contribution in [0, 0.1) is 5.82 Å². The second-order valence-corrected chi connectivity index (χ2v) is 7.86. The summed E-state index contributed by atoms with van der Waals surface area (Å²) in [6.45, 7) is 4.86. The molecular formula is C20H23FN6O2. The summed E-state index contributed by atoms with van der Waals surface area (Å²) in [6.07, 6.45) is 3.79. The van der Waals surface area contributed by atoms with Crippen molar-refractivity contribution in [2.24, 2.45) is 5.73 Å². The summed E-state index contributed by atoms with van der Waals surface area (Å²) in [5.41, 5.74) is 14.7. The van der Waals surface area contributed by atoms with E-state index >= 15 is 0 Å². The van der Waals surface area contributed by atoms with Crippen molar-refractivity contribution in [3.05, 3.63) is 41.5 Å². The highest BCUT2D eigenvalue weighted by atomic mass is 19.1. The molecule has 3 atom stereocenters. The highest BCUT2D eigenvalue weighted by molar-refractivity contribution is 5.69. The zero-order valence-electron chi connectivity index (χ0n) is 16.3. The Bertz CT molecular complexity index is 1100. The molecule has 1 unspecified atom stereocenters. The van der Waals surface area contributed by atoms with Crippen molar-refractivity contribution in [2.75, 3.05) is 17.2 Å². The molecule has 0 saturated carbocycles. The van der Waals surface area contributed by atoms with Crippen LogP contribution in [0.1, 0.15) is 25.0 Å². The molecular weight excluding hydrogens is 375 g/mol. The van der Waals surface area contributed by atoms with E-state index in [0.717, 1.165) is 16.9 Å². The Morgan fingerprint density at radius 1 is 1.38 bits per heavy atom. The summed E-state index contributed by atoms with van der Waals surface area (Å²) >= 11 is 0. The van der Waals surface area contributed by atoms with E-state index in [4.69, 9.17) is 20.9 Å². The third-order valence-corrected chi connectivity index (χ3v) is 5.58. The van der Waals surface area contributed by atoms with E-state index in [1.165, 1.54) is 12.1 Å². The number of aromatic nitrogens is 3. The van der Waals surface area contributed by atoms with Gasteiger partial charge < -0.3 is 25.8 Å². The number of fused-ring (bicyclic) bond motifs is 3. The number of nitrogens with zero attached hydrogens (tertiary/aromatic N) is 4. The second-order valence-electron chi connectivity index (χ2n) is 7.86. The first kappa shape index (κ1) is 18.0. The quantitative estimate of drug-likeness (QED) is 0.694. The summed E-state index contributed by atoms with van der Waals surface area (Å²) in [6, 6.07) is 2.95. The van der Waals surface area contributed by atoms with Gasteiger partial charge in [0.25, 0.3) is 0 Å². The lowest BCUT2D eigenvalue weighted by atomic mass is 10.0. The molecule has 0 amide bonds. The first-order valence-electron chi connectivity index (χ1n) is 9.67. The number of rotatable bonds is 3. The monoisotopic (exact) mass is 398 g/mol. The molecule has 9 heteroatoms. The fraction of sp³-hybridized carbons (Fsp3) is 0.400. The molecule has 152 valence electrons. The SMILES string of the molecule is C[C@@H]1COc2cn3ncc(N)c3nc2N1Cc1cc(F)cc2c1OC([C@@H](C)N)C2. The molecule has 0 bridgehead atoms. The number of nitrogens with two attached hydrogens (primary N) is 2. The van der Waals surface area contributed by atoms with Crippen molar-refractivity contribution in [1.29, 1.82) is 0 Å². The maximum Gasteiger partial charge on any atom is 0.180 e. The highest BCUT2D eigenvalue weighted by Crippen LogP contribution is 2.39. The van der Waals surface area contributed by atoms with E-state index < -0.39 is 0 Å². The number of benzene rings is 1. The van der Waals surface area contributed by atoms with E-state index in [9.17, 15) is 4.39 Å². The molecule has 5 rings (SSSR count). The molecule has 1 aromatic carbocycles. The van der Waals surface area contributed by atoms with Crippen molar-refractivity contribution < 1.29 is 13.9 Å². The summed E-state index contributed by atoms with van der Waals surface area (Å²) in [5.74, 6) is 1.71. The van der Waals surface area contributed by atoms with Crippen molar-refractivity contribution in [3.8, 4) is 11.5 Å². The Kier molecular flexibility index (Phi) is 4.02. The van der Waals surface area contributed by atoms with Crippen molar-refractivity contribution in [3.63, 3.8) is 0 Å². The second kappa shape index (κ2) is 6.48. The molecule has 0 radical (unpaired) electrons. The lowest BCUT2D eigenvalue weighted by Crippen LogP contribution is -2.41. The molecule has 0 saturated heterocycles. The van der Waals surface area contributed by atoms with Crippen LogP contribution in [-0.2, 0) is 13.0 Å². The normalized spacial score (nSPS) is 21.4. The molecule has 29 heavy (non-hydrogen) atoms. The fourth-order valence-corrected chi connectivity index (χ4v) is 3.97. The van der Waals surface area contributed by atoms with Crippen molar-refractivity contribution in [1.82, 2.24) is 14.6 Å². The van der Waals surface area contributed by atoms with Gasteiger partial charge in [0.1, 0.15) is 24.3 Å². The van der Waals surface area contributed by atoms with Crippen molar-refractivity contribution >= 4 is 17.2 Å². The first-order valence-corrected chi connectivity index (χ1v) is 9.67. The predicted molar refractivity (Wildman–Crippen MR) is 107 cm³/mol. The van der Waals surface area contributed by atoms with Gasteiger partial charge in [0, 0.05) is 30.1 Å². The molecule has 2 aliphatic rings. The Morgan fingerprint density at radius 2 is 2.21 bits per heavy atom. The lowest BCUT2D eigenvalue weighted by Gasteiger charge is -2.36. The molecule has 0 aliphatic carbocycles. The number of ether oxygens (including phenoxy) is 2. The molecule has 4 heterocycles. The van der Waals surface area contributed by atoms with Crippen LogP contribution in [0.15, 0.2) is 24.5 Å². The van der Waals surface area contributed by atoms with Gasteiger partial charge in [0.05, 0.1) is 24.1 Å². The Balaban J connectivity index is 1.55. The van der Waals surface area contributed by atoms with Gasteiger partial charge in [-0.15, -0.1) is 0 Å². The van der Waals surface area contributed by atoms with Gasteiger partial charge in [-0.2, -0.15) is 5.10 Å². The Hall–Kier alpha value is -3.07. The molecule has 0 fully saturated rings. The molecule has 2 aliphatic heterocycles. The summed E-state index contributed by atoms with van der Waals surface area (Å²) < 4.78 is 27.9. The zero-order valence-corrected chi connectivity index (χ0v) is 16.3. The van der Waals surface area contributed by atoms with Crippen LogP contribution >= 0.6 is 0 Å². The number of hydrogen-bond donors (Lipinski definition) is 2. The number of hydrogen-bond acceptors (Lipinski definition) is 7. The first-order chi connectivity index (χ1) is 13.9. The zero-order chi connectivity index (χ0) is 20.3. The van der Waals surface area contributed by atoms with Gasteiger partial charge in [-0.25, -0.2) is 13.9 Å². The van der Waals surface area contributed by atoms with Gasteiger partial charge in [-0.1, -0.05) is 0 Å². The average molecular weight is 398 g/mol. The fourth-order valence-electron chi connectivity index (χ4n) is 3.97. The van der Waals surface area contributed by atoms with Crippen LogP contribution in [0.2, 0.25) is 0 Å². The van der Waals surface area contributed by atoms with E-state index in [-0.39, 0.29) is 24.0 Å². The van der Waals surface area contributed by atoms with Gasteiger partial charge in [0.15, 0.2) is 17.2 Å². The number of nitrogen functional groups attached to an aromatic ring is 1. The lowest BCUT2D eigenvalue weighted by molar-refractivity contribution is 0.204. The molecule has 0 spiro atoms. The van der Waals surface area contributed by atoms with Gasteiger partial charge in [0.2, 0.25) is 0 Å². The molecule has 4 N–H and O–H groups in total. The Labute approximate surface area is 167 Å². The summed E-state index contributed by atoms with van der Waals surface area (Å²) in [4.78, 5) is 6.77. The highest BCUT2D eigenvalue weighted by Gasteiger charge is 2.32. The van der Waals surface area contributed by atoms with E-state index in [1.807, 2.05) is 13.8 Å². The predicted octanol–water partition coefficient (Wildman–Crippen LogP) is 1.89. The molecule has 8 nitrogen and oxygen atoms in total. The largest absolute Gasteiger partial charge is 0.488 e. The van der Waals surface area contributed by atoms with Crippen LogP contribution in [0.4, 0.5) is 15.9 Å². The average Bonchev–Trinajstić information content (AvgIpc) is 3.27. The van der Waals surface area contributed by atoms with Crippen LogP contribution in [0.25, 0.3) is 5.65 Å². The van der Waals surface area contributed by atoms with E-state index in [0.29, 0.717) is 42.5 Å². The maximum absolute atomic E-state index is 14.3. The van der Waals surface area contributed by atoms with Crippen LogP contribution in [0.5, 0.6) is 11.5 Å². The minimum Gasteiger partial charge on any atom is -0.488 e. The number of halogens is 1. The number of anilines is 2. The van der Waals surface area contributed by atoms with E-state index in [2.05, 4.69) is 15.0 Å². The minimum absolute atomic E-state index is 0.0335. The third-order valence-electron chi connectivity index (χ3n) is 5.58. The minimum atomic E-state index is -0.280. The Morgan fingerprint density at radius 3 is 3.00 bits per heavy atom. The maximum atomic E-state index is 14.3. The summed E-state index contributed by atoms with van der Waals surface area (Å²) in [5, 5.41) is 4.19. The molecule has 2 aromatic heterocycles. The topological polar surface area (TPSA) is 104 Å². The van der Waals surface area contributed by atoms with Gasteiger partial charge >= 0.3 is 0 Å². The van der Waals surface area contributed by atoms with Gasteiger partial charge in [-0.05, 0) is 26.0 Å². The van der Waals surface area contributed by atoms with Crippen LogP contribution in [-0.4, -0.2) is 39.4 Å². The molecule has 3 aromatic rings. The summed E-state index contributed by atoms with van der Waals surface area (Å²) in [7, 11) is 0. The van der Waals surface area contributed by atoms with Gasteiger partial charge in [-0.3, -0.25) is 0 Å². The standard InChI is InChI=1S/C20H23FN6O2/c1-10-9-28-17-8-27-19(15(23)6-24-27)25-20(17)26(10)7-13-4-14(21)3-12-5-16(11(2)22)29-18(12)13/h3-4,6,8,10-11,16H,5,7,9,22-23H2,1-2H3/t10-,11-,16?/m1/s1. The smallest absolute Gasteiger partial charge is 0.180 e. The van der Waals surface area contributed by atoms with Crippen LogP contribution < -0.4 is 25.8 Å². The van der Waals surface area contributed by atoms with Crippen molar-refractivity contribution in [2.45, 2.75) is 45.0 Å². The van der Waals surface area contributed by atoms with Crippen LogP contribution in [0.3, 0.4) is 0 Å². The van der Waals surface area contributed by atoms with E-state index in [1.54, 1.807) is 16.9 Å².